The van der Waals surface area contributed by atoms with E-state index in [2.05, 4.69) is 5.32 Å². The lowest BCUT2D eigenvalue weighted by Gasteiger charge is -2.26. The van der Waals surface area contributed by atoms with Crippen molar-refractivity contribution < 1.29 is 4.74 Å². The SMILES string of the molecule is CCOCCCNC1CCC1. The highest BCUT2D eigenvalue weighted by atomic mass is 16.5. The Balaban J connectivity index is 1.73. The Morgan fingerprint density at radius 2 is 2.27 bits per heavy atom. The standard InChI is InChI=1S/C9H19NO/c1-2-11-8-4-7-10-9-5-3-6-9/h9-10H,2-8H2,1H3. The van der Waals surface area contributed by atoms with Crippen molar-refractivity contribution >= 4 is 0 Å². The molecule has 1 saturated carbocycles. The van der Waals surface area contributed by atoms with Gasteiger partial charge >= 0.3 is 0 Å². The van der Waals surface area contributed by atoms with Gasteiger partial charge in [0.2, 0.25) is 0 Å². The lowest BCUT2D eigenvalue weighted by atomic mass is 9.93. The van der Waals surface area contributed by atoms with E-state index in [1.807, 2.05) is 6.92 Å². The van der Waals surface area contributed by atoms with Crippen molar-refractivity contribution in [2.45, 2.75) is 38.6 Å². The van der Waals surface area contributed by atoms with Gasteiger partial charge in [-0.15, -0.1) is 0 Å². The molecule has 0 amide bonds. The summed E-state index contributed by atoms with van der Waals surface area (Å²) < 4.78 is 5.23. The molecule has 0 radical (unpaired) electrons. The molecule has 1 fully saturated rings. The van der Waals surface area contributed by atoms with Crippen LogP contribution in [0.15, 0.2) is 0 Å². The second kappa shape index (κ2) is 5.56. The largest absolute Gasteiger partial charge is 0.382 e. The third kappa shape index (κ3) is 3.73. The minimum atomic E-state index is 0.830. The molecular weight excluding hydrogens is 138 g/mol. The van der Waals surface area contributed by atoms with Crippen LogP contribution < -0.4 is 5.32 Å². The first-order valence-corrected chi connectivity index (χ1v) is 4.74. The average molecular weight is 157 g/mol. The van der Waals surface area contributed by atoms with Crippen LogP contribution in [0.25, 0.3) is 0 Å². The third-order valence-electron chi connectivity index (χ3n) is 2.21. The van der Waals surface area contributed by atoms with Crippen molar-refractivity contribution in [1.29, 1.82) is 0 Å². The molecule has 0 aromatic rings. The Morgan fingerprint density at radius 1 is 1.45 bits per heavy atom. The molecule has 0 saturated heterocycles. The molecule has 0 bridgehead atoms. The lowest BCUT2D eigenvalue weighted by molar-refractivity contribution is 0.143. The average Bonchev–Trinajstić information content (AvgIpc) is 1.93. The van der Waals surface area contributed by atoms with Crippen LogP contribution in [0.3, 0.4) is 0 Å². The first-order chi connectivity index (χ1) is 5.43. The highest BCUT2D eigenvalue weighted by Crippen LogP contribution is 2.17. The Kier molecular flexibility index (Phi) is 4.55. The van der Waals surface area contributed by atoms with Gasteiger partial charge in [-0.2, -0.15) is 0 Å². The molecule has 2 nitrogen and oxygen atoms in total. The summed E-state index contributed by atoms with van der Waals surface area (Å²) in [6.07, 6.45) is 5.34. The van der Waals surface area contributed by atoms with Crippen LogP contribution in [0, 0.1) is 0 Å². The van der Waals surface area contributed by atoms with Crippen LogP contribution in [0.1, 0.15) is 32.6 Å². The van der Waals surface area contributed by atoms with Gasteiger partial charge in [-0.05, 0) is 32.7 Å². The maximum atomic E-state index is 5.23. The first-order valence-electron chi connectivity index (χ1n) is 4.74. The van der Waals surface area contributed by atoms with E-state index in [1.54, 1.807) is 0 Å². The van der Waals surface area contributed by atoms with Gasteiger partial charge in [0.05, 0.1) is 0 Å². The Labute approximate surface area is 69.3 Å². The molecule has 1 aliphatic carbocycles. The molecule has 0 aromatic heterocycles. The Hall–Kier alpha value is -0.0800. The zero-order chi connectivity index (χ0) is 7.94. The minimum Gasteiger partial charge on any atom is -0.382 e. The molecule has 1 N–H and O–H groups in total. The molecule has 0 unspecified atom stereocenters. The maximum absolute atomic E-state index is 5.23. The van der Waals surface area contributed by atoms with Crippen molar-refractivity contribution in [3.8, 4) is 0 Å². The summed E-state index contributed by atoms with van der Waals surface area (Å²) in [4.78, 5) is 0. The molecular formula is C9H19NO. The zero-order valence-electron chi connectivity index (χ0n) is 7.44. The van der Waals surface area contributed by atoms with Gasteiger partial charge in [0.1, 0.15) is 0 Å². The predicted molar refractivity (Wildman–Crippen MR) is 46.8 cm³/mol. The van der Waals surface area contributed by atoms with Gasteiger partial charge in [0.25, 0.3) is 0 Å². The van der Waals surface area contributed by atoms with Crippen molar-refractivity contribution in [1.82, 2.24) is 5.32 Å². The van der Waals surface area contributed by atoms with Crippen molar-refractivity contribution in [3.63, 3.8) is 0 Å². The summed E-state index contributed by atoms with van der Waals surface area (Å²) in [6.45, 7) is 4.93. The molecule has 0 atom stereocenters. The fourth-order valence-electron chi connectivity index (χ4n) is 1.24. The molecule has 66 valence electrons. The van der Waals surface area contributed by atoms with Crippen LogP contribution in [-0.4, -0.2) is 25.8 Å². The lowest BCUT2D eigenvalue weighted by Crippen LogP contribution is -2.35. The monoisotopic (exact) mass is 157 g/mol. The molecule has 2 heteroatoms. The number of hydrogen-bond acceptors (Lipinski definition) is 2. The van der Waals surface area contributed by atoms with Crippen LogP contribution in [0.4, 0.5) is 0 Å². The van der Waals surface area contributed by atoms with Crippen LogP contribution in [0.2, 0.25) is 0 Å². The quantitative estimate of drug-likeness (QED) is 0.591. The number of nitrogens with one attached hydrogen (secondary N) is 1. The third-order valence-corrected chi connectivity index (χ3v) is 2.21. The highest BCUT2D eigenvalue weighted by molar-refractivity contribution is 4.75. The molecule has 1 aliphatic rings. The first kappa shape index (κ1) is 9.01. The normalized spacial score (nSPS) is 18.3. The molecule has 0 spiro atoms. The van der Waals surface area contributed by atoms with Gasteiger partial charge in [0.15, 0.2) is 0 Å². The fraction of sp³-hybridized carbons (Fsp3) is 1.00. The summed E-state index contributed by atoms with van der Waals surface area (Å²) in [5.41, 5.74) is 0. The summed E-state index contributed by atoms with van der Waals surface area (Å²) in [5, 5.41) is 3.50. The second-order valence-corrected chi connectivity index (χ2v) is 3.13. The van der Waals surface area contributed by atoms with Crippen LogP contribution >= 0.6 is 0 Å². The molecule has 0 aliphatic heterocycles. The zero-order valence-corrected chi connectivity index (χ0v) is 7.44. The Morgan fingerprint density at radius 3 is 2.82 bits per heavy atom. The van der Waals surface area contributed by atoms with E-state index in [-0.39, 0.29) is 0 Å². The van der Waals surface area contributed by atoms with E-state index in [1.165, 1.54) is 19.3 Å². The molecule has 1 rings (SSSR count). The Bertz CT molecular complexity index is 91.6. The topological polar surface area (TPSA) is 21.3 Å². The van der Waals surface area contributed by atoms with E-state index in [9.17, 15) is 0 Å². The summed E-state index contributed by atoms with van der Waals surface area (Å²) in [6, 6.07) is 0.830. The van der Waals surface area contributed by atoms with Gasteiger partial charge in [-0.1, -0.05) is 6.42 Å². The summed E-state index contributed by atoms with van der Waals surface area (Å²) in [7, 11) is 0. The molecule has 0 heterocycles. The van der Waals surface area contributed by atoms with Crippen LogP contribution in [0.5, 0.6) is 0 Å². The van der Waals surface area contributed by atoms with Crippen molar-refractivity contribution in [3.05, 3.63) is 0 Å². The maximum Gasteiger partial charge on any atom is 0.0477 e. The number of hydrogen-bond donors (Lipinski definition) is 1. The number of ether oxygens (including phenoxy) is 1. The van der Waals surface area contributed by atoms with Gasteiger partial charge < -0.3 is 10.1 Å². The van der Waals surface area contributed by atoms with Gasteiger partial charge in [-0.25, -0.2) is 0 Å². The fourth-order valence-corrected chi connectivity index (χ4v) is 1.24. The van der Waals surface area contributed by atoms with Crippen molar-refractivity contribution in [2.75, 3.05) is 19.8 Å². The van der Waals surface area contributed by atoms with Crippen LogP contribution in [-0.2, 0) is 4.74 Å². The summed E-state index contributed by atoms with van der Waals surface area (Å²) in [5.74, 6) is 0. The summed E-state index contributed by atoms with van der Waals surface area (Å²) >= 11 is 0. The molecule has 11 heavy (non-hydrogen) atoms. The number of rotatable bonds is 6. The van der Waals surface area contributed by atoms with E-state index >= 15 is 0 Å². The second-order valence-electron chi connectivity index (χ2n) is 3.13. The predicted octanol–water partition coefficient (Wildman–Crippen LogP) is 1.56. The van der Waals surface area contributed by atoms with E-state index in [0.717, 1.165) is 32.2 Å². The van der Waals surface area contributed by atoms with E-state index in [0.29, 0.717) is 0 Å². The van der Waals surface area contributed by atoms with Gasteiger partial charge in [0, 0.05) is 19.3 Å². The van der Waals surface area contributed by atoms with E-state index in [4.69, 9.17) is 4.74 Å². The van der Waals surface area contributed by atoms with E-state index < -0.39 is 0 Å². The smallest absolute Gasteiger partial charge is 0.0477 e. The highest BCUT2D eigenvalue weighted by Gasteiger charge is 2.15. The van der Waals surface area contributed by atoms with Gasteiger partial charge in [-0.3, -0.25) is 0 Å². The molecule has 0 aromatic carbocycles. The minimum absolute atomic E-state index is 0.830. The van der Waals surface area contributed by atoms with Crippen molar-refractivity contribution in [2.24, 2.45) is 0 Å².